The van der Waals surface area contributed by atoms with Gasteiger partial charge in [-0.2, -0.15) is 0 Å². The second-order valence-corrected chi connectivity index (χ2v) is 16.6. The first-order chi connectivity index (χ1) is 15.7. The average Bonchev–Trinajstić information content (AvgIpc) is 2.66. The monoisotopic (exact) mass is 498 g/mol. The molecular weight excluding hydrogens is 447 g/mol. The van der Waals surface area contributed by atoms with Crippen LogP contribution >= 0.6 is 7.92 Å². The summed E-state index contributed by atoms with van der Waals surface area (Å²) in [5.41, 5.74) is 4.01. The Bertz CT molecular complexity index is 956. The van der Waals surface area contributed by atoms with E-state index in [4.69, 9.17) is 0 Å². The molecule has 0 fully saturated rings. The van der Waals surface area contributed by atoms with Crippen molar-refractivity contribution in [1.29, 1.82) is 0 Å². The Morgan fingerprint density at radius 3 is 1.17 bits per heavy atom. The number of phenols is 2. The molecule has 0 unspecified atom stereocenters. The zero-order chi connectivity index (χ0) is 27.1. The topological polar surface area (TPSA) is 40.5 Å². The Balaban J connectivity index is 3.00. The molecule has 3 heteroatoms. The number of unbranched alkanes of at least 4 members (excludes halogenated alkanes) is 1. The van der Waals surface area contributed by atoms with Crippen molar-refractivity contribution in [3.05, 3.63) is 46.5 Å². The van der Waals surface area contributed by atoms with Crippen molar-refractivity contribution < 1.29 is 10.2 Å². The lowest BCUT2D eigenvalue weighted by molar-refractivity contribution is 0.448. The fourth-order valence-electron chi connectivity index (χ4n) is 4.35. The zero-order valence-corrected chi connectivity index (χ0v) is 25.7. The molecule has 2 N–H and O–H groups in total. The van der Waals surface area contributed by atoms with Crippen molar-refractivity contribution in [2.24, 2.45) is 0 Å². The second kappa shape index (κ2) is 10.1. The van der Waals surface area contributed by atoms with Gasteiger partial charge in [-0.1, -0.05) is 109 Å². The third-order valence-electron chi connectivity index (χ3n) is 6.84. The highest BCUT2D eigenvalue weighted by atomic mass is 31.1. The van der Waals surface area contributed by atoms with Gasteiger partial charge in [0.05, 0.1) is 0 Å². The zero-order valence-electron chi connectivity index (χ0n) is 24.8. The van der Waals surface area contributed by atoms with E-state index >= 15 is 0 Å². The fraction of sp³-hybridized carbons (Fsp3) is 0.625. The molecule has 196 valence electrons. The van der Waals surface area contributed by atoms with Crippen LogP contribution in [0.2, 0.25) is 0 Å². The number of aromatic hydroxyl groups is 2. The van der Waals surface area contributed by atoms with Crippen molar-refractivity contribution in [3.8, 4) is 11.5 Å². The summed E-state index contributed by atoms with van der Waals surface area (Å²) in [4.78, 5) is 0. The van der Waals surface area contributed by atoms with E-state index in [1.807, 2.05) is 0 Å². The molecule has 35 heavy (non-hydrogen) atoms. The molecule has 2 nitrogen and oxygen atoms in total. The van der Waals surface area contributed by atoms with Crippen molar-refractivity contribution in [1.82, 2.24) is 0 Å². The van der Waals surface area contributed by atoms with Gasteiger partial charge in [-0.25, -0.2) is 0 Å². The normalized spacial score (nSPS) is 13.5. The molecule has 0 saturated carbocycles. The Hall–Kier alpha value is -1.53. The minimum Gasteiger partial charge on any atom is -0.507 e. The van der Waals surface area contributed by atoms with Crippen molar-refractivity contribution in [2.45, 2.75) is 125 Å². The summed E-state index contributed by atoms with van der Waals surface area (Å²) < 4.78 is 0. The summed E-state index contributed by atoms with van der Waals surface area (Å²) in [6.45, 7) is 28.6. The molecule has 0 aliphatic rings. The van der Waals surface area contributed by atoms with E-state index in [0.29, 0.717) is 11.5 Å². The molecule has 0 heterocycles. The van der Waals surface area contributed by atoms with E-state index in [0.717, 1.165) is 40.7 Å². The van der Waals surface area contributed by atoms with Crippen LogP contribution in [0.4, 0.5) is 0 Å². The lowest BCUT2D eigenvalue weighted by Gasteiger charge is -2.32. The average molecular weight is 499 g/mol. The summed E-state index contributed by atoms with van der Waals surface area (Å²) in [7, 11) is -0.952. The Kier molecular flexibility index (Phi) is 8.56. The molecular formula is C32H51O2P. The quantitative estimate of drug-likeness (QED) is 0.406. The molecule has 0 spiro atoms. The molecule has 2 rings (SSSR count). The summed E-state index contributed by atoms with van der Waals surface area (Å²) in [5.74, 6) is 0.816. The second-order valence-electron chi connectivity index (χ2n) is 14.3. The maximum Gasteiger partial charge on any atom is 0.127 e. The number of rotatable bonds is 5. The van der Waals surface area contributed by atoms with Gasteiger partial charge >= 0.3 is 0 Å². The minimum absolute atomic E-state index is 0.0416. The van der Waals surface area contributed by atoms with Crippen LogP contribution in [0.25, 0.3) is 0 Å². The van der Waals surface area contributed by atoms with E-state index in [-0.39, 0.29) is 21.7 Å². The smallest absolute Gasteiger partial charge is 0.127 e. The largest absolute Gasteiger partial charge is 0.507 e. The first kappa shape index (κ1) is 29.7. The summed E-state index contributed by atoms with van der Waals surface area (Å²) in [6.07, 6.45) is 3.08. The molecule has 0 atom stereocenters. The highest BCUT2D eigenvalue weighted by Crippen LogP contribution is 2.47. The third kappa shape index (κ3) is 6.82. The van der Waals surface area contributed by atoms with Gasteiger partial charge in [-0.05, 0) is 65.4 Å². The van der Waals surface area contributed by atoms with Gasteiger partial charge in [0.25, 0.3) is 0 Å². The number of benzene rings is 2. The molecule has 0 aliphatic carbocycles. The van der Waals surface area contributed by atoms with E-state index in [2.05, 4.69) is 114 Å². The molecule has 0 bridgehead atoms. The minimum atomic E-state index is -0.952. The Labute approximate surface area is 217 Å². The number of hydrogen-bond donors (Lipinski definition) is 2. The van der Waals surface area contributed by atoms with E-state index in [1.165, 1.54) is 11.1 Å². The summed E-state index contributed by atoms with van der Waals surface area (Å²) in [6, 6.07) is 8.84. The highest BCUT2D eigenvalue weighted by Gasteiger charge is 2.32. The summed E-state index contributed by atoms with van der Waals surface area (Å²) in [5, 5.41) is 25.5. The van der Waals surface area contributed by atoms with Crippen molar-refractivity contribution >= 4 is 18.5 Å². The van der Waals surface area contributed by atoms with Crippen LogP contribution in [-0.2, 0) is 21.7 Å². The lowest BCUT2D eigenvalue weighted by Crippen LogP contribution is -2.26. The third-order valence-corrected chi connectivity index (χ3v) is 9.45. The van der Waals surface area contributed by atoms with Crippen LogP contribution in [0.3, 0.4) is 0 Å². The SMILES string of the molecule is CCCCP(c1cc(C(C)(C)C)cc(C(C)(C)C)c1O)c1cc(C(C)(C)C)cc(C(C)(C)C)c1O. The standard InChI is InChI=1S/C32H51O2P/c1-14-15-16-35(25-19-21(29(2,3)4)17-23(27(25)33)31(8,9)10)26-20-22(30(5,6)7)18-24(28(26)34)32(11,12)13/h17-20,33-34H,14-16H2,1-13H3. The van der Waals surface area contributed by atoms with Gasteiger partial charge in [0.15, 0.2) is 0 Å². The molecule has 2 aromatic carbocycles. The fourth-order valence-corrected chi connectivity index (χ4v) is 7.06. The van der Waals surface area contributed by atoms with Gasteiger partial charge in [0.2, 0.25) is 0 Å². The highest BCUT2D eigenvalue weighted by molar-refractivity contribution is 7.73. The number of hydrogen-bond acceptors (Lipinski definition) is 2. The van der Waals surface area contributed by atoms with Crippen LogP contribution in [0.1, 0.15) is 125 Å². The lowest BCUT2D eigenvalue weighted by atomic mass is 9.80. The van der Waals surface area contributed by atoms with Crippen molar-refractivity contribution in [3.63, 3.8) is 0 Å². The van der Waals surface area contributed by atoms with Crippen LogP contribution in [0.5, 0.6) is 11.5 Å². The predicted octanol–water partition coefficient (Wildman–Crippen LogP) is 8.52. The van der Waals surface area contributed by atoms with E-state index < -0.39 is 7.92 Å². The molecule has 0 saturated heterocycles. The summed E-state index contributed by atoms with van der Waals surface area (Å²) >= 11 is 0. The van der Waals surface area contributed by atoms with E-state index in [9.17, 15) is 10.2 Å². The maximum absolute atomic E-state index is 11.7. The first-order valence-electron chi connectivity index (χ1n) is 13.2. The van der Waals surface area contributed by atoms with Gasteiger partial charge in [-0.3, -0.25) is 0 Å². The van der Waals surface area contributed by atoms with Crippen LogP contribution in [0, 0.1) is 0 Å². The molecule has 0 aromatic heterocycles. The van der Waals surface area contributed by atoms with Gasteiger partial charge in [0.1, 0.15) is 11.5 Å². The van der Waals surface area contributed by atoms with E-state index in [1.54, 1.807) is 0 Å². The Morgan fingerprint density at radius 1 is 0.571 bits per heavy atom. The maximum atomic E-state index is 11.7. The van der Waals surface area contributed by atoms with Gasteiger partial charge < -0.3 is 10.2 Å². The van der Waals surface area contributed by atoms with Crippen LogP contribution in [-0.4, -0.2) is 16.4 Å². The molecule has 0 aliphatic heterocycles. The molecule has 0 radical (unpaired) electrons. The van der Waals surface area contributed by atoms with Crippen LogP contribution < -0.4 is 10.6 Å². The molecule has 2 aromatic rings. The predicted molar refractivity (Wildman–Crippen MR) is 157 cm³/mol. The molecule has 0 amide bonds. The number of phenolic OH excluding ortho intramolecular Hbond substituents is 2. The van der Waals surface area contributed by atoms with Gasteiger partial charge in [0, 0.05) is 21.7 Å². The first-order valence-corrected chi connectivity index (χ1v) is 14.8. The van der Waals surface area contributed by atoms with Gasteiger partial charge in [-0.15, -0.1) is 0 Å². The van der Waals surface area contributed by atoms with Crippen LogP contribution in [0.15, 0.2) is 24.3 Å². The Morgan fingerprint density at radius 2 is 0.914 bits per heavy atom. The van der Waals surface area contributed by atoms with Crippen molar-refractivity contribution in [2.75, 3.05) is 6.16 Å².